The van der Waals surface area contributed by atoms with Gasteiger partial charge in [0.15, 0.2) is 0 Å². The van der Waals surface area contributed by atoms with Crippen LogP contribution in [-0.2, 0) is 15.9 Å². The molecule has 8 heteroatoms. The van der Waals surface area contributed by atoms with Gasteiger partial charge in [0.05, 0.1) is 9.67 Å². The average molecular weight is 418 g/mol. The van der Waals surface area contributed by atoms with Crippen molar-refractivity contribution >= 4 is 48.9 Å². The Kier molecular flexibility index (Phi) is 7.63. The van der Waals surface area contributed by atoms with Crippen LogP contribution in [-0.4, -0.2) is 51.4 Å². The van der Waals surface area contributed by atoms with Crippen molar-refractivity contribution in [3.63, 3.8) is 0 Å². The van der Waals surface area contributed by atoms with E-state index in [-0.39, 0.29) is 5.92 Å². The van der Waals surface area contributed by atoms with Gasteiger partial charge in [-0.3, -0.25) is 0 Å². The molecular formula is C13H22BrClN2O2S2. The lowest BCUT2D eigenvalue weighted by molar-refractivity contribution is 0.312. The van der Waals surface area contributed by atoms with Crippen LogP contribution >= 0.6 is 38.9 Å². The summed E-state index contributed by atoms with van der Waals surface area (Å²) < 4.78 is 27.9. The molecule has 21 heavy (non-hydrogen) atoms. The second kappa shape index (κ2) is 8.26. The molecule has 0 fully saturated rings. The lowest BCUT2D eigenvalue weighted by Gasteiger charge is -2.25. The molecule has 1 aromatic rings. The van der Waals surface area contributed by atoms with Gasteiger partial charge in [-0.05, 0) is 42.0 Å². The second-order valence-corrected chi connectivity index (χ2v) is 10.2. The highest BCUT2D eigenvalue weighted by Crippen LogP contribution is 2.34. The van der Waals surface area contributed by atoms with Gasteiger partial charge >= 0.3 is 0 Å². The van der Waals surface area contributed by atoms with Crippen LogP contribution in [0.15, 0.2) is 14.7 Å². The van der Waals surface area contributed by atoms with E-state index in [1.54, 1.807) is 10.4 Å². The van der Waals surface area contributed by atoms with Crippen molar-refractivity contribution in [2.45, 2.75) is 24.6 Å². The molecule has 1 rings (SSSR count). The van der Waals surface area contributed by atoms with E-state index in [1.807, 2.05) is 32.8 Å². The van der Waals surface area contributed by atoms with Crippen LogP contribution in [0.5, 0.6) is 0 Å². The summed E-state index contributed by atoms with van der Waals surface area (Å²) in [6, 6.07) is 1.67. The topological polar surface area (TPSA) is 40.6 Å². The molecule has 0 radical (unpaired) electrons. The quantitative estimate of drug-likeness (QED) is 0.608. The van der Waals surface area contributed by atoms with E-state index in [0.29, 0.717) is 34.2 Å². The third kappa shape index (κ3) is 5.48. The molecule has 0 spiro atoms. The van der Waals surface area contributed by atoms with Crippen molar-refractivity contribution < 1.29 is 8.42 Å². The molecule has 1 heterocycles. The number of rotatable bonds is 8. The van der Waals surface area contributed by atoms with E-state index >= 15 is 0 Å². The third-order valence-corrected chi connectivity index (χ3v) is 7.39. The average Bonchev–Trinajstić information content (AvgIpc) is 2.75. The monoisotopic (exact) mass is 416 g/mol. The van der Waals surface area contributed by atoms with E-state index < -0.39 is 10.0 Å². The molecular weight excluding hydrogens is 396 g/mol. The van der Waals surface area contributed by atoms with Gasteiger partial charge in [-0.1, -0.05) is 13.8 Å². The SMILES string of the molecule is CC(C)CN(CCN(C)C)S(=O)(=O)c1cc(CCl)sc1Br. The fraction of sp³-hybridized carbons (Fsp3) is 0.692. The highest BCUT2D eigenvalue weighted by Gasteiger charge is 2.28. The zero-order chi connectivity index (χ0) is 16.2. The predicted molar refractivity (Wildman–Crippen MR) is 93.7 cm³/mol. The zero-order valence-corrected chi connectivity index (χ0v) is 16.7. The molecule has 0 aliphatic heterocycles. The Morgan fingerprint density at radius 2 is 1.95 bits per heavy atom. The summed E-state index contributed by atoms with van der Waals surface area (Å²) in [6.07, 6.45) is 0. The predicted octanol–water partition coefficient (Wildman–Crippen LogP) is 3.46. The summed E-state index contributed by atoms with van der Waals surface area (Å²) in [5, 5.41) is 0. The first-order chi connectivity index (χ1) is 9.68. The molecule has 0 bridgehead atoms. The van der Waals surface area contributed by atoms with E-state index in [1.165, 1.54) is 11.3 Å². The normalized spacial score (nSPS) is 12.8. The number of hydrogen-bond donors (Lipinski definition) is 0. The molecule has 122 valence electrons. The third-order valence-electron chi connectivity index (χ3n) is 2.82. The van der Waals surface area contributed by atoms with Crippen LogP contribution in [0.4, 0.5) is 0 Å². The molecule has 0 amide bonds. The number of sulfonamides is 1. The van der Waals surface area contributed by atoms with Crippen molar-refractivity contribution in [3.8, 4) is 0 Å². The van der Waals surface area contributed by atoms with Gasteiger partial charge in [0.1, 0.15) is 4.90 Å². The van der Waals surface area contributed by atoms with E-state index in [9.17, 15) is 8.42 Å². The van der Waals surface area contributed by atoms with Crippen molar-refractivity contribution in [3.05, 3.63) is 14.7 Å². The Morgan fingerprint density at radius 3 is 2.38 bits per heavy atom. The van der Waals surface area contributed by atoms with Crippen LogP contribution < -0.4 is 0 Å². The molecule has 0 aliphatic carbocycles. The van der Waals surface area contributed by atoms with Gasteiger partial charge < -0.3 is 4.90 Å². The molecule has 0 aliphatic rings. The Labute approximate surface area is 145 Å². The summed E-state index contributed by atoms with van der Waals surface area (Å²) in [5.41, 5.74) is 0. The molecule has 0 N–H and O–H groups in total. The van der Waals surface area contributed by atoms with Crippen molar-refractivity contribution in [1.82, 2.24) is 9.21 Å². The minimum Gasteiger partial charge on any atom is -0.308 e. The minimum atomic E-state index is -3.50. The fourth-order valence-corrected chi connectivity index (χ4v) is 6.12. The van der Waals surface area contributed by atoms with Crippen LogP contribution in [0.2, 0.25) is 0 Å². The maximum absolute atomic E-state index is 12.9. The molecule has 4 nitrogen and oxygen atoms in total. The molecule has 1 aromatic heterocycles. The summed E-state index contributed by atoms with van der Waals surface area (Å²) in [4.78, 5) is 3.15. The minimum absolute atomic E-state index is 0.270. The maximum atomic E-state index is 12.9. The maximum Gasteiger partial charge on any atom is 0.245 e. The number of hydrogen-bond acceptors (Lipinski definition) is 4. The Morgan fingerprint density at radius 1 is 1.33 bits per heavy atom. The van der Waals surface area contributed by atoms with Gasteiger partial charge in [-0.25, -0.2) is 8.42 Å². The summed E-state index contributed by atoms with van der Waals surface area (Å²) in [5.74, 6) is 0.590. The molecule has 0 atom stereocenters. The van der Waals surface area contributed by atoms with Crippen LogP contribution in [0.3, 0.4) is 0 Å². The van der Waals surface area contributed by atoms with Crippen molar-refractivity contribution in [1.29, 1.82) is 0 Å². The van der Waals surface area contributed by atoms with E-state index in [0.717, 1.165) is 4.88 Å². The lowest BCUT2D eigenvalue weighted by atomic mass is 10.2. The smallest absolute Gasteiger partial charge is 0.245 e. The number of nitrogens with zero attached hydrogens (tertiary/aromatic N) is 2. The van der Waals surface area contributed by atoms with Gasteiger partial charge in [0, 0.05) is 24.5 Å². The van der Waals surface area contributed by atoms with Crippen molar-refractivity contribution in [2.75, 3.05) is 33.7 Å². The second-order valence-electron chi connectivity index (χ2n) is 5.54. The first kappa shape index (κ1) is 19.4. The molecule has 0 unspecified atom stereocenters. The van der Waals surface area contributed by atoms with Crippen LogP contribution in [0.25, 0.3) is 0 Å². The fourth-order valence-electron chi connectivity index (χ4n) is 1.81. The number of alkyl halides is 1. The van der Waals surface area contributed by atoms with Gasteiger partial charge in [0.25, 0.3) is 0 Å². The number of thiophene rings is 1. The highest BCUT2D eigenvalue weighted by molar-refractivity contribution is 9.11. The van der Waals surface area contributed by atoms with Crippen LogP contribution in [0.1, 0.15) is 18.7 Å². The van der Waals surface area contributed by atoms with Gasteiger partial charge in [-0.2, -0.15) is 4.31 Å². The largest absolute Gasteiger partial charge is 0.308 e. The molecule has 0 saturated carbocycles. The molecule has 0 aromatic carbocycles. The lowest BCUT2D eigenvalue weighted by Crippen LogP contribution is -2.38. The number of halogens is 2. The standard InChI is InChI=1S/C13H22BrClN2O2S2/c1-10(2)9-17(6-5-16(3)4)21(18,19)12-7-11(8-15)20-13(12)14/h7,10H,5-6,8-9H2,1-4H3. The molecule has 0 saturated heterocycles. The van der Waals surface area contributed by atoms with E-state index in [4.69, 9.17) is 11.6 Å². The zero-order valence-electron chi connectivity index (χ0n) is 12.8. The van der Waals surface area contributed by atoms with Crippen LogP contribution in [0, 0.1) is 5.92 Å². The van der Waals surface area contributed by atoms with Crippen molar-refractivity contribution in [2.24, 2.45) is 5.92 Å². The summed E-state index contributed by atoms with van der Waals surface area (Å²) in [6.45, 7) is 5.72. The highest BCUT2D eigenvalue weighted by atomic mass is 79.9. The first-order valence-corrected chi connectivity index (χ1v) is 10.3. The van der Waals surface area contributed by atoms with Gasteiger partial charge in [0.2, 0.25) is 10.0 Å². The Hall–Kier alpha value is 0.340. The Bertz CT molecular complexity index is 559. The first-order valence-electron chi connectivity index (χ1n) is 6.67. The number of likely N-dealkylation sites (N-methyl/N-ethyl adjacent to an activating group) is 1. The van der Waals surface area contributed by atoms with Gasteiger partial charge in [-0.15, -0.1) is 22.9 Å². The summed E-state index contributed by atoms with van der Waals surface area (Å²) in [7, 11) is 0.373. The summed E-state index contributed by atoms with van der Waals surface area (Å²) >= 11 is 10.5. The Balaban J connectivity index is 3.09. The van der Waals surface area contributed by atoms with E-state index in [2.05, 4.69) is 15.9 Å².